The Morgan fingerprint density at radius 3 is 2.45 bits per heavy atom. The summed E-state index contributed by atoms with van der Waals surface area (Å²) in [6, 6.07) is 21.5. The molecule has 2 amide bonds. The minimum Gasteiger partial charge on any atom is -0.495 e. The Bertz CT molecular complexity index is 1100. The van der Waals surface area contributed by atoms with Crippen LogP contribution in [0.5, 0.6) is 11.5 Å². The molecule has 0 unspecified atom stereocenters. The summed E-state index contributed by atoms with van der Waals surface area (Å²) >= 11 is 0. The van der Waals surface area contributed by atoms with Gasteiger partial charge in [0.1, 0.15) is 11.5 Å². The fourth-order valence-corrected chi connectivity index (χ4v) is 4.26. The fraction of sp³-hybridized carbons (Fsp3) is 0.333. The zero-order chi connectivity index (χ0) is 23.0. The number of ether oxygens (including phenoxy) is 2. The lowest BCUT2D eigenvalue weighted by Crippen LogP contribution is -2.41. The van der Waals surface area contributed by atoms with Crippen LogP contribution in [0.1, 0.15) is 25.7 Å². The van der Waals surface area contributed by atoms with E-state index in [-0.39, 0.29) is 17.7 Å². The van der Waals surface area contributed by atoms with Crippen molar-refractivity contribution in [2.24, 2.45) is 5.92 Å². The second-order valence-corrected chi connectivity index (χ2v) is 8.27. The van der Waals surface area contributed by atoms with Crippen LogP contribution >= 0.6 is 0 Å². The zero-order valence-electron chi connectivity index (χ0n) is 19.0. The Morgan fingerprint density at radius 1 is 0.939 bits per heavy atom. The predicted octanol–water partition coefficient (Wildman–Crippen LogP) is 4.88. The summed E-state index contributed by atoms with van der Waals surface area (Å²) in [6.07, 6.45) is 2.44. The first kappa shape index (κ1) is 22.6. The maximum absolute atomic E-state index is 12.7. The van der Waals surface area contributed by atoms with Gasteiger partial charge in [-0.2, -0.15) is 0 Å². The summed E-state index contributed by atoms with van der Waals surface area (Å²) in [5, 5.41) is 5.19. The minimum absolute atomic E-state index is 0.0184. The van der Waals surface area contributed by atoms with Crippen molar-refractivity contribution >= 4 is 28.3 Å². The van der Waals surface area contributed by atoms with Crippen LogP contribution in [0.3, 0.4) is 0 Å². The lowest BCUT2D eigenvalue weighted by atomic mass is 9.95. The van der Waals surface area contributed by atoms with Gasteiger partial charge in [-0.3, -0.25) is 9.59 Å². The molecule has 0 saturated carbocycles. The molecule has 172 valence electrons. The van der Waals surface area contributed by atoms with Crippen LogP contribution in [0.15, 0.2) is 66.7 Å². The topological polar surface area (TPSA) is 67.9 Å². The fourth-order valence-electron chi connectivity index (χ4n) is 4.26. The maximum Gasteiger partial charge on any atom is 0.227 e. The molecule has 1 saturated heterocycles. The van der Waals surface area contributed by atoms with E-state index in [9.17, 15) is 9.59 Å². The number of hydrogen-bond acceptors (Lipinski definition) is 4. The Labute approximate surface area is 194 Å². The molecule has 0 atom stereocenters. The van der Waals surface area contributed by atoms with E-state index >= 15 is 0 Å². The highest BCUT2D eigenvalue weighted by molar-refractivity contribution is 5.94. The molecule has 1 aliphatic heterocycles. The SMILES string of the molecule is COc1ccccc1NC(=O)C1CCN(C(=O)CCCOc2cccc3ccccc23)CC1. The highest BCUT2D eigenvalue weighted by Crippen LogP contribution is 2.27. The number of nitrogens with one attached hydrogen (secondary N) is 1. The standard InChI is InChI=1S/C27H30N2O4/c1-32-25-12-5-4-11-23(25)28-27(31)21-15-17-29(18-16-21)26(30)14-7-19-33-24-13-6-9-20-8-2-3-10-22(20)24/h2-6,8-13,21H,7,14-19H2,1H3,(H,28,31). The van der Waals surface area contributed by atoms with Crippen molar-refractivity contribution in [3.63, 3.8) is 0 Å². The van der Waals surface area contributed by atoms with E-state index in [2.05, 4.69) is 17.4 Å². The molecule has 1 heterocycles. The molecule has 33 heavy (non-hydrogen) atoms. The number of amides is 2. The van der Waals surface area contributed by atoms with Gasteiger partial charge < -0.3 is 19.7 Å². The third-order valence-corrected chi connectivity index (χ3v) is 6.13. The van der Waals surface area contributed by atoms with Crippen molar-refractivity contribution in [1.29, 1.82) is 0 Å². The zero-order valence-corrected chi connectivity index (χ0v) is 19.0. The monoisotopic (exact) mass is 446 g/mol. The first-order valence-corrected chi connectivity index (χ1v) is 11.5. The molecule has 1 aliphatic rings. The molecule has 0 bridgehead atoms. The minimum atomic E-state index is -0.103. The van der Waals surface area contributed by atoms with Crippen LogP contribution in [0.2, 0.25) is 0 Å². The van der Waals surface area contributed by atoms with E-state index in [0.29, 0.717) is 56.8 Å². The predicted molar refractivity (Wildman–Crippen MR) is 130 cm³/mol. The van der Waals surface area contributed by atoms with Crippen LogP contribution in [-0.2, 0) is 9.59 Å². The van der Waals surface area contributed by atoms with Gasteiger partial charge in [0.2, 0.25) is 11.8 Å². The molecule has 0 radical (unpaired) electrons. The number of nitrogens with zero attached hydrogens (tertiary/aromatic N) is 1. The number of hydrogen-bond donors (Lipinski definition) is 1. The van der Waals surface area contributed by atoms with Crippen molar-refractivity contribution in [2.45, 2.75) is 25.7 Å². The first-order chi connectivity index (χ1) is 16.2. The Hall–Kier alpha value is -3.54. The number of likely N-dealkylation sites (tertiary alicyclic amines) is 1. The summed E-state index contributed by atoms with van der Waals surface area (Å²) in [6.45, 7) is 1.71. The van der Waals surface area contributed by atoms with E-state index in [1.54, 1.807) is 7.11 Å². The lowest BCUT2D eigenvalue weighted by Gasteiger charge is -2.31. The largest absolute Gasteiger partial charge is 0.495 e. The number of carbonyl (C=O) groups excluding carboxylic acids is 2. The lowest BCUT2D eigenvalue weighted by molar-refractivity contribution is -0.134. The number of carbonyl (C=O) groups is 2. The molecule has 3 aromatic carbocycles. The maximum atomic E-state index is 12.7. The van der Waals surface area contributed by atoms with E-state index in [1.807, 2.05) is 59.5 Å². The Kier molecular flexibility index (Phi) is 7.45. The molecule has 0 aliphatic carbocycles. The molecule has 1 N–H and O–H groups in total. The van der Waals surface area contributed by atoms with Gasteiger partial charge in [-0.1, -0.05) is 48.5 Å². The number of piperidine rings is 1. The molecular weight excluding hydrogens is 416 g/mol. The molecule has 3 aromatic rings. The quantitative estimate of drug-likeness (QED) is 0.501. The smallest absolute Gasteiger partial charge is 0.227 e. The second kappa shape index (κ2) is 10.9. The average molecular weight is 447 g/mol. The van der Waals surface area contributed by atoms with Crippen molar-refractivity contribution in [3.8, 4) is 11.5 Å². The third-order valence-electron chi connectivity index (χ3n) is 6.13. The molecule has 6 heteroatoms. The molecule has 4 rings (SSSR count). The third kappa shape index (κ3) is 5.64. The summed E-state index contributed by atoms with van der Waals surface area (Å²) in [5.74, 6) is 1.50. The molecule has 1 fully saturated rings. The van der Waals surface area contributed by atoms with Gasteiger partial charge in [0.05, 0.1) is 19.4 Å². The first-order valence-electron chi connectivity index (χ1n) is 11.5. The van der Waals surface area contributed by atoms with Crippen LogP contribution < -0.4 is 14.8 Å². The van der Waals surface area contributed by atoms with Gasteiger partial charge >= 0.3 is 0 Å². The number of methoxy groups -OCH3 is 1. The number of anilines is 1. The molecule has 0 spiro atoms. The van der Waals surface area contributed by atoms with Gasteiger partial charge in [0.25, 0.3) is 0 Å². The Morgan fingerprint density at radius 2 is 1.64 bits per heavy atom. The average Bonchev–Trinajstić information content (AvgIpc) is 2.87. The van der Waals surface area contributed by atoms with E-state index in [4.69, 9.17) is 9.47 Å². The molecule has 6 nitrogen and oxygen atoms in total. The van der Waals surface area contributed by atoms with Gasteiger partial charge in [-0.15, -0.1) is 0 Å². The number of para-hydroxylation sites is 2. The van der Waals surface area contributed by atoms with Crippen LogP contribution in [0, 0.1) is 5.92 Å². The Balaban J connectivity index is 1.20. The summed E-state index contributed by atoms with van der Waals surface area (Å²) in [4.78, 5) is 27.2. The summed E-state index contributed by atoms with van der Waals surface area (Å²) in [7, 11) is 1.59. The molecule has 0 aromatic heterocycles. The van der Waals surface area contributed by atoms with Crippen molar-refractivity contribution in [3.05, 3.63) is 66.7 Å². The highest BCUT2D eigenvalue weighted by atomic mass is 16.5. The van der Waals surface area contributed by atoms with E-state index in [0.717, 1.165) is 16.5 Å². The van der Waals surface area contributed by atoms with Crippen molar-refractivity contribution in [2.75, 3.05) is 32.1 Å². The molecular formula is C27H30N2O4. The second-order valence-electron chi connectivity index (χ2n) is 8.27. The van der Waals surface area contributed by atoms with Gasteiger partial charge in [0.15, 0.2) is 0 Å². The van der Waals surface area contributed by atoms with E-state index in [1.165, 1.54) is 0 Å². The van der Waals surface area contributed by atoms with Gasteiger partial charge in [-0.25, -0.2) is 0 Å². The normalized spacial score (nSPS) is 14.2. The summed E-state index contributed by atoms with van der Waals surface area (Å²) in [5.41, 5.74) is 0.676. The van der Waals surface area contributed by atoms with Gasteiger partial charge in [0, 0.05) is 30.8 Å². The number of benzene rings is 3. The van der Waals surface area contributed by atoms with Crippen molar-refractivity contribution in [1.82, 2.24) is 4.90 Å². The highest BCUT2D eigenvalue weighted by Gasteiger charge is 2.27. The van der Waals surface area contributed by atoms with Crippen LogP contribution in [0.25, 0.3) is 10.8 Å². The van der Waals surface area contributed by atoms with E-state index < -0.39 is 0 Å². The van der Waals surface area contributed by atoms with Gasteiger partial charge in [-0.05, 0) is 42.8 Å². The number of fused-ring (bicyclic) bond motifs is 1. The van der Waals surface area contributed by atoms with Crippen LogP contribution in [0.4, 0.5) is 5.69 Å². The van der Waals surface area contributed by atoms with Crippen molar-refractivity contribution < 1.29 is 19.1 Å². The van der Waals surface area contributed by atoms with Crippen LogP contribution in [-0.4, -0.2) is 43.5 Å². The summed E-state index contributed by atoms with van der Waals surface area (Å²) < 4.78 is 11.2. The number of rotatable bonds is 8.